The van der Waals surface area contributed by atoms with E-state index in [2.05, 4.69) is 15.5 Å². The van der Waals surface area contributed by atoms with Gasteiger partial charge >= 0.3 is 6.03 Å². The van der Waals surface area contributed by atoms with Gasteiger partial charge in [0.25, 0.3) is 0 Å². The quantitative estimate of drug-likeness (QED) is 0.696. The van der Waals surface area contributed by atoms with Crippen LogP contribution in [0.2, 0.25) is 0 Å². The number of carbonyl (C=O) groups excluding carboxylic acids is 1. The van der Waals surface area contributed by atoms with Gasteiger partial charge in [-0.1, -0.05) is 36.4 Å². The minimum Gasteiger partial charge on any atom is -0.493 e. The largest absolute Gasteiger partial charge is 0.493 e. The standard InChI is InChI=1S/C23H31N3O4/c1-17(18-7-5-4-6-8-18)25-23(27)24-16-20(26-11-13-30-14-12-26)19-9-10-21(28-2)22(15-19)29-3/h4-10,15,17,20H,11-14,16H2,1-3H3,(H2,24,25,27)/t17-,20+/m1/s1. The molecule has 30 heavy (non-hydrogen) atoms. The molecule has 162 valence electrons. The minimum absolute atomic E-state index is 0.00601. The van der Waals surface area contributed by atoms with E-state index in [0.717, 1.165) is 24.2 Å². The average Bonchev–Trinajstić information content (AvgIpc) is 2.80. The Labute approximate surface area is 178 Å². The van der Waals surface area contributed by atoms with Crippen molar-refractivity contribution in [3.8, 4) is 11.5 Å². The number of carbonyl (C=O) groups is 1. The summed E-state index contributed by atoms with van der Waals surface area (Å²) in [4.78, 5) is 14.9. The van der Waals surface area contributed by atoms with Crippen LogP contribution in [0.4, 0.5) is 4.79 Å². The molecule has 1 saturated heterocycles. The van der Waals surface area contributed by atoms with Gasteiger partial charge in [-0.05, 0) is 30.2 Å². The number of morpholine rings is 1. The fourth-order valence-corrected chi connectivity index (χ4v) is 3.67. The lowest BCUT2D eigenvalue weighted by atomic mass is 10.0. The molecule has 0 radical (unpaired) electrons. The molecule has 0 spiro atoms. The van der Waals surface area contributed by atoms with Gasteiger partial charge in [0, 0.05) is 19.6 Å². The number of urea groups is 1. The van der Waals surface area contributed by atoms with Crippen molar-refractivity contribution in [2.24, 2.45) is 0 Å². The van der Waals surface area contributed by atoms with Gasteiger partial charge < -0.3 is 24.8 Å². The van der Waals surface area contributed by atoms with Crippen LogP contribution in [-0.2, 0) is 4.74 Å². The predicted molar refractivity (Wildman–Crippen MR) is 116 cm³/mol. The molecule has 3 rings (SSSR count). The van der Waals surface area contributed by atoms with Crippen LogP contribution in [0.3, 0.4) is 0 Å². The molecule has 0 aromatic heterocycles. The van der Waals surface area contributed by atoms with Gasteiger partial charge in [-0.15, -0.1) is 0 Å². The van der Waals surface area contributed by atoms with Crippen molar-refractivity contribution < 1.29 is 19.0 Å². The molecule has 1 heterocycles. The van der Waals surface area contributed by atoms with Crippen LogP contribution in [0.25, 0.3) is 0 Å². The highest BCUT2D eigenvalue weighted by Gasteiger charge is 2.24. The molecular weight excluding hydrogens is 382 g/mol. The summed E-state index contributed by atoms with van der Waals surface area (Å²) in [6.07, 6.45) is 0. The number of methoxy groups -OCH3 is 2. The highest BCUT2D eigenvalue weighted by Crippen LogP contribution is 2.32. The van der Waals surface area contributed by atoms with E-state index < -0.39 is 0 Å². The number of hydrogen-bond donors (Lipinski definition) is 2. The number of nitrogens with one attached hydrogen (secondary N) is 2. The Morgan fingerprint density at radius 2 is 1.73 bits per heavy atom. The second-order valence-corrected chi connectivity index (χ2v) is 7.27. The van der Waals surface area contributed by atoms with Gasteiger partial charge in [-0.3, -0.25) is 4.90 Å². The lowest BCUT2D eigenvalue weighted by Gasteiger charge is -2.35. The average molecular weight is 414 g/mol. The molecular formula is C23H31N3O4. The van der Waals surface area contributed by atoms with Crippen LogP contribution >= 0.6 is 0 Å². The molecule has 2 atom stereocenters. The third-order valence-corrected chi connectivity index (χ3v) is 5.38. The number of ether oxygens (including phenoxy) is 3. The van der Waals surface area contributed by atoms with Crippen LogP contribution in [0.1, 0.15) is 30.1 Å². The molecule has 2 aromatic carbocycles. The fraction of sp³-hybridized carbons (Fsp3) is 0.435. The van der Waals surface area contributed by atoms with Crippen molar-refractivity contribution in [3.05, 3.63) is 59.7 Å². The summed E-state index contributed by atoms with van der Waals surface area (Å²) >= 11 is 0. The smallest absolute Gasteiger partial charge is 0.315 e. The van der Waals surface area contributed by atoms with Crippen LogP contribution in [0.5, 0.6) is 11.5 Å². The topological polar surface area (TPSA) is 72.1 Å². The number of rotatable bonds is 8. The van der Waals surface area contributed by atoms with Crippen LogP contribution in [0, 0.1) is 0 Å². The lowest BCUT2D eigenvalue weighted by molar-refractivity contribution is 0.0166. The normalized spacial score (nSPS) is 16.4. The van der Waals surface area contributed by atoms with E-state index >= 15 is 0 Å². The maximum absolute atomic E-state index is 12.6. The van der Waals surface area contributed by atoms with E-state index in [0.29, 0.717) is 31.3 Å². The fourth-order valence-electron chi connectivity index (χ4n) is 3.67. The highest BCUT2D eigenvalue weighted by atomic mass is 16.5. The monoisotopic (exact) mass is 413 g/mol. The number of nitrogens with zero attached hydrogens (tertiary/aromatic N) is 1. The van der Waals surface area contributed by atoms with E-state index in [-0.39, 0.29) is 18.1 Å². The maximum atomic E-state index is 12.6. The molecule has 0 unspecified atom stereocenters. The number of benzene rings is 2. The van der Waals surface area contributed by atoms with Crippen molar-refractivity contribution >= 4 is 6.03 Å². The second-order valence-electron chi connectivity index (χ2n) is 7.27. The molecule has 2 amide bonds. The zero-order valence-corrected chi connectivity index (χ0v) is 17.9. The first-order chi connectivity index (χ1) is 14.6. The molecule has 1 aliphatic rings. The molecule has 1 fully saturated rings. The molecule has 0 bridgehead atoms. The molecule has 2 aromatic rings. The van der Waals surface area contributed by atoms with Gasteiger partial charge in [0.05, 0.1) is 39.5 Å². The summed E-state index contributed by atoms with van der Waals surface area (Å²) in [5, 5.41) is 6.05. The van der Waals surface area contributed by atoms with Crippen molar-refractivity contribution in [1.82, 2.24) is 15.5 Å². The SMILES string of the molecule is COc1ccc([C@H](CNC(=O)N[C@H](C)c2ccccc2)N2CCOCC2)cc1OC. The molecule has 0 aliphatic carbocycles. The van der Waals surface area contributed by atoms with E-state index in [9.17, 15) is 4.79 Å². The first kappa shape index (κ1) is 21.9. The Morgan fingerprint density at radius 1 is 1.03 bits per heavy atom. The van der Waals surface area contributed by atoms with E-state index in [1.165, 1.54) is 0 Å². The summed E-state index contributed by atoms with van der Waals surface area (Å²) in [5.41, 5.74) is 2.13. The van der Waals surface area contributed by atoms with Gasteiger partial charge in [-0.2, -0.15) is 0 Å². The van der Waals surface area contributed by atoms with Gasteiger partial charge in [0.2, 0.25) is 0 Å². The van der Waals surface area contributed by atoms with Gasteiger partial charge in [0.1, 0.15) is 0 Å². The zero-order chi connectivity index (χ0) is 21.3. The Kier molecular flexibility index (Phi) is 7.93. The molecule has 0 saturated carbocycles. The third-order valence-electron chi connectivity index (χ3n) is 5.38. The number of hydrogen-bond acceptors (Lipinski definition) is 5. The van der Waals surface area contributed by atoms with E-state index in [1.54, 1.807) is 14.2 Å². The molecule has 1 aliphatic heterocycles. The summed E-state index contributed by atoms with van der Waals surface area (Å²) in [7, 11) is 3.25. The van der Waals surface area contributed by atoms with Gasteiger partial charge in [0.15, 0.2) is 11.5 Å². The summed E-state index contributed by atoms with van der Waals surface area (Å²) < 4.78 is 16.3. The van der Waals surface area contributed by atoms with Crippen LogP contribution < -0.4 is 20.1 Å². The number of amides is 2. The lowest BCUT2D eigenvalue weighted by Crippen LogP contribution is -2.46. The summed E-state index contributed by atoms with van der Waals surface area (Å²) in [6.45, 7) is 5.43. The molecule has 7 nitrogen and oxygen atoms in total. The first-order valence-corrected chi connectivity index (χ1v) is 10.3. The van der Waals surface area contributed by atoms with Crippen molar-refractivity contribution in [3.63, 3.8) is 0 Å². The predicted octanol–water partition coefficient (Wildman–Crippen LogP) is 3.14. The zero-order valence-electron chi connectivity index (χ0n) is 17.9. The Morgan fingerprint density at radius 3 is 2.40 bits per heavy atom. The van der Waals surface area contributed by atoms with E-state index in [1.807, 2.05) is 55.5 Å². The second kappa shape index (κ2) is 10.8. The Balaban J connectivity index is 1.69. The van der Waals surface area contributed by atoms with E-state index in [4.69, 9.17) is 14.2 Å². The summed E-state index contributed by atoms with van der Waals surface area (Å²) in [5.74, 6) is 1.36. The minimum atomic E-state index is -0.190. The van der Waals surface area contributed by atoms with Gasteiger partial charge in [-0.25, -0.2) is 4.79 Å². The Hall–Kier alpha value is -2.77. The van der Waals surface area contributed by atoms with Crippen molar-refractivity contribution in [2.45, 2.75) is 19.0 Å². The summed E-state index contributed by atoms with van der Waals surface area (Å²) in [6, 6.07) is 15.6. The molecule has 7 heteroatoms. The van der Waals surface area contributed by atoms with Crippen LogP contribution in [-0.4, -0.2) is 58.0 Å². The highest BCUT2D eigenvalue weighted by molar-refractivity contribution is 5.74. The maximum Gasteiger partial charge on any atom is 0.315 e. The van der Waals surface area contributed by atoms with Crippen LogP contribution in [0.15, 0.2) is 48.5 Å². The Bertz CT molecular complexity index is 809. The third kappa shape index (κ3) is 5.64. The molecule has 2 N–H and O–H groups in total. The van der Waals surface area contributed by atoms with Crippen molar-refractivity contribution in [1.29, 1.82) is 0 Å². The van der Waals surface area contributed by atoms with Crippen molar-refractivity contribution in [2.75, 3.05) is 47.1 Å². The first-order valence-electron chi connectivity index (χ1n) is 10.3.